The molecule has 0 bridgehead atoms. The molecule has 16 heavy (non-hydrogen) atoms. The van der Waals surface area contributed by atoms with E-state index in [2.05, 4.69) is 20.4 Å². The van der Waals surface area contributed by atoms with Crippen molar-refractivity contribution >= 4 is 17.6 Å². The Morgan fingerprint density at radius 3 is 2.94 bits per heavy atom. The molecule has 2 aromatic rings. The van der Waals surface area contributed by atoms with Crippen LogP contribution in [0.25, 0.3) is 0 Å². The van der Waals surface area contributed by atoms with E-state index in [1.807, 2.05) is 6.92 Å². The Labute approximate surface area is 96.7 Å². The van der Waals surface area contributed by atoms with Crippen LogP contribution in [0.2, 0.25) is 0 Å². The van der Waals surface area contributed by atoms with Crippen LogP contribution in [-0.4, -0.2) is 15.0 Å². The highest BCUT2D eigenvalue weighted by Gasteiger charge is 2.12. The fourth-order valence-electron chi connectivity index (χ4n) is 1.27. The smallest absolute Gasteiger partial charge is 0.261 e. The summed E-state index contributed by atoms with van der Waals surface area (Å²) < 4.78 is 5.15. The van der Waals surface area contributed by atoms with Crippen molar-refractivity contribution in [2.45, 2.75) is 23.6 Å². The number of rotatable bonds is 4. The van der Waals surface area contributed by atoms with Gasteiger partial charge >= 0.3 is 0 Å². The molecule has 2 rings (SSSR count). The molecule has 0 aliphatic rings. The molecule has 7 heteroatoms. The Bertz CT molecular complexity index is 459. The largest absolute Gasteiger partial charge is 0.440 e. The van der Waals surface area contributed by atoms with Crippen molar-refractivity contribution in [1.82, 2.24) is 15.0 Å². The fourth-order valence-corrected chi connectivity index (χ4v) is 2.12. The van der Waals surface area contributed by atoms with E-state index in [1.54, 1.807) is 6.20 Å². The molecule has 0 aromatic carbocycles. The highest BCUT2D eigenvalue weighted by atomic mass is 32.2. The zero-order chi connectivity index (χ0) is 11.4. The first-order valence-corrected chi connectivity index (χ1v) is 5.54. The van der Waals surface area contributed by atoms with Gasteiger partial charge in [-0.2, -0.15) is 0 Å². The lowest BCUT2D eigenvalue weighted by Crippen LogP contribution is -2.12. The Kier molecular flexibility index (Phi) is 3.37. The summed E-state index contributed by atoms with van der Waals surface area (Å²) in [7, 11) is 0. The van der Waals surface area contributed by atoms with E-state index in [0.717, 1.165) is 17.0 Å². The second-order valence-corrected chi connectivity index (χ2v) is 3.84. The Hall–Kier alpha value is -1.60. The van der Waals surface area contributed by atoms with Crippen LogP contribution in [0.3, 0.4) is 0 Å². The maximum Gasteiger partial charge on any atom is 0.261 e. The first-order valence-electron chi connectivity index (χ1n) is 4.73. The molecule has 0 aliphatic carbocycles. The van der Waals surface area contributed by atoms with Gasteiger partial charge in [-0.25, -0.2) is 20.8 Å². The number of nitrogen functional groups attached to an aromatic ring is 1. The first kappa shape index (κ1) is 10.9. The second kappa shape index (κ2) is 4.95. The molecule has 84 valence electrons. The molecule has 2 heterocycles. The van der Waals surface area contributed by atoms with Gasteiger partial charge < -0.3 is 9.84 Å². The molecule has 2 aromatic heterocycles. The molecule has 0 saturated carbocycles. The number of nitrogens with one attached hydrogen (secondary N) is 1. The van der Waals surface area contributed by atoms with Crippen LogP contribution >= 0.6 is 11.8 Å². The lowest BCUT2D eigenvalue weighted by atomic mass is 10.2. The van der Waals surface area contributed by atoms with E-state index < -0.39 is 0 Å². The molecule has 0 amide bonds. The molecule has 0 spiro atoms. The van der Waals surface area contributed by atoms with Gasteiger partial charge in [0.05, 0.1) is 6.20 Å². The van der Waals surface area contributed by atoms with Gasteiger partial charge in [-0.05, 0) is 18.2 Å². The summed E-state index contributed by atoms with van der Waals surface area (Å²) in [5.41, 5.74) is 3.50. The molecule has 0 atom stereocenters. The van der Waals surface area contributed by atoms with Crippen molar-refractivity contribution in [3.63, 3.8) is 0 Å². The number of hydrogen-bond acceptors (Lipinski definition) is 7. The van der Waals surface area contributed by atoms with Gasteiger partial charge in [0, 0.05) is 5.56 Å². The van der Waals surface area contributed by atoms with Crippen molar-refractivity contribution in [3.05, 3.63) is 24.4 Å². The minimum atomic E-state index is 0.552. The number of hydrazine groups is 1. The minimum absolute atomic E-state index is 0.552. The number of hydrogen-bond donors (Lipinski definition) is 2. The Balaban J connectivity index is 2.33. The number of oxazole rings is 1. The van der Waals surface area contributed by atoms with Crippen molar-refractivity contribution < 1.29 is 4.42 Å². The topological polar surface area (TPSA) is 89.9 Å². The third kappa shape index (κ3) is 2.15. The number of anilines is 1. The van der Waals surface area contributed by atoms with Crippen LogP contribution in [-0.2, 0) is 6.42 Å². The molecular weight excluding hydrogens is 226 g/mol. The Morgan fingerprint density at radius 2 is 2.31 bits per heavy atom. The van der Waals surface area contributed by atoms with Gasteiger partial charge in [0.15, 0.2) is 0 Å². The van der Waals surface area contributed by atoms with Crippen LogP contribution in [0.1, 0.15) is 12.5 Å². The van der Waals surface area contributed by atoms with Gasteiger partial charge in [-0.1, -0.05) is 6.92 Å². The summed E-state index contributed by atoms with van der Waals surface area (Å²) in [5, 5.41) is 1.35. The van der Waals surface area contributed by atoms with Gasteiger partial charge in [0.1, 0.15) is 23.4 Å². The first-order chi connectivity index (χ1) is 7.85. The van der Waals surface area contributed by atoms with E-state index >= 15 is 0 Å². The summed E-state index contributed by atoms with van der Waals surface area (Å²) in [5.74, 6) is 6.01. The maximum absolute atomic E-state index is 5.38. The highest BCUT2D eigenvalue weighted by molar-refractivity contribution is 7.99. The third-order valence-corrected chi connectivity index (χ3v) is 2.91. The fraction of sp³-hybridized carbons (Fsp3) is 0.222. The molecule has 0 saturated heterocycles. The predicted molar refractivity (Wildman–Crippen MR) is 59.8 cm³/mol. The number of nitrogens with two attached hydrogens (primary N) is 1. The monoisotopic (exact) mass is 237 g/mol. The predicted octanol–water partition coefficient (Wildman–Crippen LogP) is 1.46. The van der Waals surface area contributed by atoms with Crippen molar-refractivity contribution in [2.24, 2.45) is 5.84 Å². The summed E-state index contributed by atoms with van der Waals surface area (Å²) in [6, 6.07) is 0. The second-order valence-electron chi connectivity index (χ2n) is 2.90. The Morgan fingerprint density at radius 1 is 1.44 bits per heavy atom. The van der Waals surface area contributed by atoms with Gasteiger partial charge in [0.25, 0.3) is 5.22 Å². The zero-order valence-corrected chi connectivity index (χ0v) is 9.49. The standard InChI is InChI=1S/C9H11N5OS/c1-2-6-7(14-10)12-5-13-8(6)16-9-11-3-4-15-9/h3-5H,2,10H2,1H3,(H,12,13,14). The van der Waals surface area contributed by atoms with Crippen molar-refractivity contribution in [1.29, 1.82) is 0 Å². The van der Waals surface area contributed by atoms with E-state index in [-0.39, 0.29) is 0 Å². The lowest BCUT2D eigenvalue weighted by molar-refractivity contribution is 0.454. The maximum atomic E-state index is 5.38. The molecule has 3 N–H and O–H groups in total. The molecular formula is C9H11N5OS. The van der Waals surface area contributed by atoms with E-state index in [9.17, 15) is 0 Å². The van der Waals surface area contributed by atoms with Gasteiger partial charge in [-0.15, -0.1) is 0 Å². The summed E-state index contributed by atoms with van der Waals surface area (Å²) >= 11 is 1.35. The lowest BCUT2D eigenvalue weighted by Gasteiger charge is -2.08. The third-order valence-electron chi connectivity index (χ3n) is 1.99. The number of aromatic nitrogens is 3. The van der Waals surface area contributed by atoms with Crippen LogP contribution < -0.4 is 11.3 Å². The van der Waals surface area contributed by atoms with E-state index in [0.29, 0.717) is 11.0 Å². The number of nitrogens with zero attached hydrogens (tertiary/aromatic N) is 3. The van der Waals surface area contributed by atoms with Crippen LogP contribution in [0.5, 0.6) is 0 Å². The minimum Gasteiger partial charge on any atom is -0.440 e. The van der Waals surface area contributed by atoms with E-state index in [4.69, 9.17) is 10.3 Å². The molecule has 6 nitrogen and oxygen atoms in total. The van der Waals surface area contributed by atoms with Gasteiger partial charge in [0.2, 0.25) is 0 Å². The molecule has 0 aliphatic heterocycles. The van der Waals surface area contributed by atoms with Crippen molar-refractivity contribution in [3.8, 4) is 0 Å². The zero-order valence-electron chi connectivity index (χ0n) is 8.67. The normalized spacial score (nSPS) is 10.4. The van der Waals surface area contributed by atoms with E-state index in [1.165, 1.54) is 24.4 Å². The average molecular weight is 237 g/mol. The average Bonchev–Trinajstić information content (AvgIpc) is 2.81. The molecule has 0 unspecified atom stereocenters. The highest BCUT2D eigenvalue weighted by Crippen LogP contribution is 2.29. The van der Waals surface area contributed by atoms with Crippen LogP contribution in [0, 0.1) is 0 Å². The van der Waals surface area contributed by atoms with Crippen molar-refractivity contribution in [2.75, 3.05) is 5.43 Å². The molecule has 0 fully saturated rings. The summed E-state index contributed by atoms with van der Waals surface area (Å²) in [6.45, 7) is 2.01. The summed E-state index contributed by atoms with van der Waals surface area (Å²) in [6.07, 6.45) is 5.36. The molecule has 0 radical (unpaired) electrons. The van der Waals surface area contributed by atoms with Gasteiger partial charge in [-0.3, -0.25) is 0 Å². The van der Waals surface area contributed by atoms with Crippen LogP contribution in [0.4, 0.5) is 5.82 Å². The summed E-state index contributed by atoms with van der Waals surface area (Å²) in [4.78, 5) is 12.3. The van der Waals surface area contributed by atoms with Crippen LogP contribution in [0.15, 0.2) is 33.5 Å². The SMILES string of the molecule is CCc1c(NN)ncnc1Sc1ncco1. The quantitative estimate of drug-likeness (QED) is 0.472.